The molecule has 0 fully saturated rings. The average Bonchev–Trinajstić information content (AvgIpc) is 2.98. The van der Waals surface area contributed by atoms with Gasteiger partial charge in [-0.05, 0) is 37.6 Å². The SMILES string of the molecule is Cc1cc(Cl)ccc1N1C(=O)c2sc3nc(=O)c(C)nn3c2C1=O. The van der Waals surface area contributed by atoms with Crippen LogP contribution < -0.4 is 10.5 Å². The average molecular weight is 361 g/mol. The molecular formula is C15H9ClN4O3S. The number of imide groups is 1. The molecule has 3 aromatic rings. The van der Waals surface area contributed by atoms with Gasteiger partial charge in [-0.3, -0.25) is 14.4 Å². The lowest BCUT2D eigenvalue weighted by Gasteiger charge is -2.16. The Hall–Kier alpha value is -2.58. The van der Waals surface area contributed by atoms with E-state index in [2.05, 4.69) is 10.1 Å². The van der Waals surface area contributed by atoms with Crippen LogP contribution in [0.4, 0.5) is 5.69 Å². The second kappa shape index (κ2) is 4.96. The van der Waals surface area contributed by atoms with Crippen LogP contribution in [0.25, 0.3) is 4.96 Å². The monoisotopic (exact) mass is 360 g/mol. The van der Waals surface area contributed by atoms with Crippen molar-refractivity contribution >= 4 is 45.4 Å². The Morgan fingerprint density at radius 1 is 1.12 bits per heavy atom. The standard InChI is InChI=1S/C15H9ClN4O3S/c1-6-5-8(16)3-4-9(6)19-13(22)10-11(14(19)23)24-15-17-12(21)7(2)18-20(10)15/h3-5H,1-2H3. The van der Waals surface area contributed by atoms with Crippen molar-refractivity contribution in [1.29, 1.82) is 0 Å². The van der Waals surface area contributed by atoms with Gasteiger partial charge >= 0.3 is 0 Å². The molecule has 0 N–H and O–H groups in total. The number of benzene rings is 1. The summed E-state index contributed by atoms with van der Waals surface area (Å²) in [6, 6.07) is 4.93. The number of carbonyl (C=O) groups excluding carboxylic acids is 2. The first-order chi connectivity index (χ1) is 11.4. The molecule has 1 aliphatic heterocycles. The first-order valence-electron chi connectivity index (χ1n) is 6.94. The van der Waals surface area contributed by atoms with Crippen LogP contribution in [0.1, 0.15) is 31.4 Å². The minimum Gasteiger partial charge on any atom is -0.267 e. The van der Waals surface area contributed by atoms with E-state index in [9.17, 15) is 14.4 Å². The number of hydrogen-bond acceptors (Lipinski definition) is 6. The number of anilines is 1. The fourth-order valence-corrected chi connectivity index (χ4v) is 3.82. The predicted molar refractivity (Wildman–Crippen MR) is 89.2 cm³/mol. The third-order valence-electron chi connectivity index (χ3n) is 3.76. The minimum absolute atomic E-state index is 0.130. The maximum absolute atomic E-state index is 12.8. The number of hydrogen-bond donors (Lipinski definition) is 0. The zero-order valence-electron chi connectivity index (χ0n) is 12.5. The zero-order valence-corrected chi connectivity index (χ0v) is 14.1. The molecule has 0 saturated carbocycles. The van der Waals surface area contributed by atoms with Gasteiger partial charge in [0.05, 0.1) is 5.69 Å². The number of amides is 2. The molecule has 1 aliphatic rings. The van der Waals surface area contributed by atoms with E-state index < -0.39 is 17.4 Å². The number of nitrogens with zero attached hydrogens (tertiary/aromatic N) is 4. The lowest BCUT2D eigenvalue weighted by Crippen LogP contribution is -2.31. The number of thiazole rings is 1. The lowest BCUT2D eigenvalue weighted by molar-refractivity contribution is 0.0924. The Balaban J connectivity index is 1.93. The molecule has 3 heterocycles. The van der Waals surface area contributed by atoms with Gasteiger partial charge in [0.2, 0.25) is 4.96 Å². The van der Waals surface area contributed by atoms with Gasteiger partial charge in [-0.1, -0.05) is 22.9 Å². The van der Waals surface area contributed by atoms with E-state index in [1.165, 1.54) is 11.4 Å². The van der Waals surface area contributed by atoms with Gasteiger partial charge in [0.25, 0.3) is 17.4 Å². The van der Waals surface area contributed by atoms with Gasteiger partial charge in [-0.15, -0.1) is 0 Å². The summed E-state index contributed by atoms with van der Waals surface area (Å²) >= 11 is 6.92. The molecule has 2 aromatic heterocycles. The van der Waals surface area contributed by atoms with Crippen molar-refractivity contribution in [2.24, 2.45) is 0 Å². The Morgan fingerprint density at radius 2 is 1.88 bits per heavy atom. The lowest BCUT2D eigenvalue weighted by atomic mass is 10.2. The van der Waals surface area contributed by atoms with Gasteiger partial charge in [-0.2, -0.15) is 14.6 Å². The van der Waals surface area contributed by atoms with E-state index in [1.807, 2.05) is 0 Å². The van der Waals surface area contributed by atoms with Gasteiger partial charge in [-0.25, -0.2) is 4.90 Å². The molecule has 7 nitrogen and oxygen atoms in total. The molecule has 0 radical (unpaired) electrons. The Morgan fingerprint density at radius 3 is 2.58 bits per heavy atom. The van der Waals surface area contributed by atoms with Gasteiger partial charge in [0.1, 0.15) is 10.6 Å². The van der Waals surface area contributed by atoms with Crippen molar-refractivity contribution < 1.29 is 9.59 Å². The summed E-state index contributed by atoms with van der Waals surface area (Å²) in [7, 11) is 0. The van der Waals surface area contributed by atoms with Gasteiger partial charge in [0.15, 0.2) is 5.69 Å². The number of halogens is 1. The third kappa shape index (κ3) is 1.93. The normalized spacial score (nSPS) is 13.9. The molecule has 0 atom stereocenters. The van der Waals surface area contributed by atoms with Crippen molar-refractivity contribution in [1.82, 2.24) is 14.6 Å². The Labute approximate surface area is 144 Å². The highest BCUT2D eigenvalue weighted by Gasteiger charge is 2.42. The summed E-state index contributed by atoms with van der Waals surface area (Å²) in [6.45, 7) is 3.28. The summed E-state index contributed by atoms with van der Waals surface area (Å²) in [5.74, 6) is -0.952. The summed E-state index contributed by atoms with van der Waals surface area (Å²) < 4.78 is 1.27. The van der Waals surface area contributed by atoms with Crippen molar-refractivity contribution in [2.75, 3.05) is 4.90 Å². The van der Waals surface area contributed by atoms with E-state index in [4.69, 9.17) is 11.6 Å². The first-order valence-corrected chi connectivity index (χ1v) is 8.13. The second-order valence-electron chi connectivity index (χ2n) is 5.35. The molecule has 0 spiro atoms. The zero-order chi connectivity index (χ0) is 17.2. The molecule has 0 aliphatic carbocycles. The van der Waals surface area contributed by atoms with Crippen LogP contribution >= 0.6 is 22.9 Å². The molecule has 9 heteroatoms. The highest BCUT2D eigenvalue weighted by Crippen LogP contribution is 2.35. The predicted octanol–water partition coefficient (Wildman–Crippen LogP) is 2.22. The first kappa shape index (κ1) is 15.0. The topological polar surface area (TPSA) is 84.6 Å². The van der Waals surface area contributed by atoms with Crippen molar-refractivity contribution in [3.05, 3.63) is 55.4 Å². The fourth-order valence-electron chi connectivity index (χ4n) is 2.62. The van der Waals surface area contributed by atoms with Crippen LogP contribution in [0.15, 0.2) is 23.0 Å². The number of aryl methyl sites for hydroxylation is 2. The third-order valence-corrected chi connectivity index (χ3v) is 5.01. The highest BCUT2D eigenvalue weighted by molar-refractivity contribution is 7.19. The Bertz CT molecular complexity index is 1120. The summed E-state index contributed by atoms with van der Waals surface area (Å²) in [5, 5.41) is 4.61. The van der Waals surface area contributed by atoms with Crippen molar-refractivity contribution in [2.45, 2.75) is 13.8 Å². The summed E-state index contributed by atoms with van der Waals surface area (Å²) in [5.41, 5.74) is 0.995. The van der Waals surface area contributed by atoms with E-state index in [0.29, 0.717) is 16.3 Å². The van der Waals surface area contributed by atoms with Crippen LogP contribution in [0.3, 0.4) is 0 Å². The number of aromatic nitrogens is 3. The van der Waals surface area contributed by atoms with E-state index in [1.54, 1.807) is 25.1 Å². The van der Waals surface area contributed by atoms with Gasteiger partial charge in [0, 0.05) is 5.02 Å². The highest BCUT2D eigenvalue weighted by atomic mass is 35.5. The van der Waals surface area contributed by atoms with Crippen LogP contribution in [0.5, 0.6) is 0 Å². The van der Waals surface area contributed by atoms with Crippen LogP contribution in [0.2, 0.25) is 5.02 Å². The summed E-state index contributed by atoms with van der Waals surface area (Å²) in [4.78, 5) is 42.6. The fraction of sp³-hybridized carbons (Fsp3) is 0.133. The largest absolute Gasteiger partial charge is 0.295 e. The van der Waals surface area contributed by atoms with Crippen LogP contribution in [-0.4, -0.2) is 26.4 Å². The van der Waals surface area contributed by atoms with E-state index in [-0.39, 0.29) is 21.2 Å². The second-order valence-corrected chi connectivity index (χ2v) is 6.77. The molecule has 1 aromatic carbocycles. The van der Waals surface area contributed by atoms with Crippen molar-refractivity contribution in [3.8, 4) is 0 Å². The molecule has 4 rings (SSSR count). The molecule has 0 saturated heterocycles. The van der Waals surface area contributed by atoms with E-state index in [0.717, 1.165) is 16.2 Å². The molecular weight excluding hydrogens is 352 g/mol. The molecule has 2 amide bonds. The van der Waals surface area contributed by atoms with Crippen molar-refractivity contribution in [3.63, 3.8) is 0 Å². The minimum atomic E-state index is -0.496. The Kier molecular flexibility index (Phi) is 3.09. The maximum atomic E-state index is 12.8. The number of carbonyl (C=O) groups is 2. The van der Waals surface area contributed by atoms with Crippen LogP contribution in [-0.2, 0) is 0 Å². The quantitative estimate of drug-likeness (QED) is 0.621. The maximum Gasteiger partial charge on any atom is 0.295 e. The molecule has 120 valence electrons. The molecule has 24 heavy (non-hydrogen) atoms. The summed E-state index contributed by atoms with van der Waals surface area (Å²) in [6.07, 6.45) is 0. The molecule has 0 bridgehead atoms. The van der Waals surface area contributed by atoms with Gasteiger partial charge < -0.3 is 0 Å². The van der Waals surface area contributed by atoms with E-state index >= 15 is 0 Å². The number of rotatable bonds is 1. The smallest absolute Gasteiger partial charge is 0.267 e. The number of fused-ring (bicyclic) bond motifs is 3. The molecule has 0 unspecified atom stereocenters. The van der Waals surface area contributed by atoms with Crippen LogP contribution in [0, 0.1) is 13.8 Å².